The molecule has 0 amide bonds. The van der Waals surface area contributed by atoms with Gasteiger partial charge >= 0.3 is 5.97 Å². The molecule has 5 heteroatoms. The highest BCUT2D eigenvalue weighted by molar-refractivity contribution is 5.77. The van der Waals surface area contributed by atoms with Crippen LogP contribution >= 0.6 is 0 Å². The quantitative estimate of drug-likeness (QED) is 0.772. The van der Waals surface area contributed by atoms with Crippen LogP contribution in [0.1, 0.15) is 24.8 Å². The first-order chi connectivity index (χ1) is 9.04. The van der Waals surface area contributed by atoms with Crippen LogP contribution in [0.4, 0.5) is 8.78 Å². The summed E-state index contributed by atoms with van der Waals surface area (Å²) >= 11 is 0. The summed E-state index contributed by atoms with van der Waals surface area (Å²) in [6.07, 6.45) is 0.162. The number of methoxy groups -OCH3 is 1. The monoisotopic (exact) mass is 270 g/mol. The second-order valence-electron chi connectivity index (χ2n) is 4.79. The lowest BCUT2D eigenvalue weighted by molar-refractivity contribution is -0.152. The Morgan fingerprint density at radius 3 is 2.89 bits per heavy atom. The number of benzene rings is 1. The molecule has 0 saturated heterocycles. The molecule has 3 nitrogen and oxygen atoms in total. The molecule has 19 heavy (non-hydrogen) atoms. The molecule has 0 spiro atoms. The van der Waals surface area contributed by atoms with Gasteiger partial charge in [0.05, 0.1) is 12.5 Å². The van der Waals surface area contributed by atoms with Gasteiger partial charge in [0.15, 0.2) is 11.6 Å². The van der Waals surface area contributed by atoms with E-state index in [1.807, 2.05) is 0 Å². The summed E-state index contributed by atoms with van der Waals surface area (Å²) in [7, 11) is 1.52. The van der Waals surface area contributed by atoms with Crippen LogP contribution in [-0.4, -0.2) is 25.8 Å². The van der Waals surface area contributed by atoms with E-state index in [0.717, 1.165) is 6.07 Å². The van der Waals surface area contributed by atoms with E-state index in [1.54, 1.807) is 6.92 Å². The van der Waals surface area contributed by atoms with Gasteiger partial charge in [-0.25, -0.2) is 8.78 Å². The number of carbonyl (C=O) groups excluding carboxylic acids is 1. The van der Waals surface area contributed by atoms with E-state index in [1.165, 1.54) is 19.2 Å². The Morgan fingerprint density at radius 2 is 2.21 bits per heavy atom. The van der Waals surface area contributed by atoms with Gasteiger partial charge in [0.1, 0.15) is 6.10 Å². The molecule has 104 valence electrons. The molecule has 2 rings (SSSR count). The number of halogens is 2. The molecule has 0 unspecified atom stereocenters. The summed E-state index contributed by atoms with van der Waals surface area (Å²) in [4.78, 5) is 11.8. The fraction of sp³-hybridized carbons (Fsp3) is 0.500. The molecule has 0 heterocycles. The minimum absolute atomic E-state index is 0.251. The maximum absolute atomic E-state index is 13.6. The molecule has 1 fully saturated rings. The first kappa shape index (κ1) is 13.9. The SMILES string of the molecule is COC[C@H](C)OC(=O)[C@H]1C[C@H]1c1cccc(F)c1F. The normalized spacial score (nSPS) is 22.9. The van der Waals surface area contributed by atoms with Crippen molar-refractivity contribution in [2.75, 3.05) is 13.7 Å². The average molecular weight is 270 g/mol. The third-order valence-electron chi connectivity index (χ3n) is 3.19. The molecule has 0 radical (unpaired) electrons. The van der Waals surface area contributed by atoms with E-state index in [2.05, 4.69) is 0 Å². The second-order valence-corrected chi connectivity index (χ2v) is 4.79. The Morgan fingerprint density at radius 1 is 1.47 bits per heavy atom. The predicted molar refractivity (Wildman–Crippen MR) is 64.6 cm³/mol. The highest BCUT2D eigenvalue weighted by Crippen LogP contribution is 2.49. The summed E-state index contributed by atoms with van der Waals surface area (Å²) < 4.78 is 36.7. The van der Waals surface area contributed by atoms with Gasteiger partial charge in [0, 0.05) is 13.0 Å². The number of esters is 1. The Bertz CT molecular complexity index is 476. The predicted octanol–water partition coefficient (Wildman–Crippen LogP) is 2.65. The van der Waals surface area contributed by atoms with Crippen molar-refractivity contribution in [3.8, 4) is 0 Å². The number of rotatable bonds is 5. The van der Waals surface area contributed by atoms with Crippen LogP contribution in [0.25, 0.3) is 0 Å². The second kappa shape index (κ2) is 5.65. The van der Waals surface area contributed by atoms with Gasteiger partial charge in [0.2, 0.25) is 0 Å². The molecule has 1 aliphatic rings. The number of hydrogen-bond donors (Lipinski definition) is 0. The van der Waals surface area contributed by atoms with Crippen LogP contribution in [-0.2, 0) is 14.3 Å². The summed E-state index contributed by atoms with van der Waals surface area (Å²) in [5, 5.41) is 0. The lowest BCUT2D eigenvalue weighted by Gasteiger charge is -2.12. The fourth-order valence-electron chi connectivity index (χ4n) is 2.16. The lowest BCUT2D eigenvalue weighted by atomic mass is 10.1. The Balaban J connectivity index is 1.97. The summed E-state index contributed by atoms with van der Waals surface area (Å²) in [5.74, 6) is -2.79. The largest absolute Gasteiger partial charge is 0.460 e. The minimum atomic E-state index is -0.885. The lowest BCUT2D eigenvalue weighted by Crippen LogP contribution is -2.21. The van der Waals surface area contributed by atoms with Crippen LogP contribution in [0, 0.1) is 17.6 Å². The van der Waals surface area contributed by atoms with Crippen molar-refractivity contribution in [1.29, 1.82) is 0 Å². The van der Waals surface area contributed by atoms with Gasteiger partial charge in [0.25, 0.3) is 0 Å². The van der Waals surface area contributed by atoms with E-state index in [9.17, 15) is 13.6 Å². The van der Waals surface area contributed by atoms with Gasteiger partial charge in [-0.2, -0.15) is 0 Å². The molecule has 3 atom stereocenters. The minimum Gasteiger partial charge on any atom is -0.460 e. The van der Waals surface area contributed by atoms with E-state index in [-0.39, 0.29) is 29.5 Å². The van der Waals surface area contributed by atoms with Crippen molar-refractivity contribution >= 4 is 5.97 Å². The van der Waals surface area contributed by atoms with E-state index >= 15 is 0 Å². The maximum atomic E-state index is 13.6. The van der Waals surface area contributed by atoms with Crippen LogP contribution < -0.4 is 0 Å². The van der Waals surface area contributed by atoms with E-state index in [4.69, 9.17) is 9.47 Å². The van der Waals surface area contributed by atoms with Crippen molar-refractivity contribution in [3.05, 3.63) is 35.4 Å². The van der Waals surface area contributed by atoms with Crippen LogP contribution in [0.3, 0.4) is 0 Å². The van der Waals surface area contributed by atoms with Crippen LogP contribution in [0.15, 0.2) is 18.2 Å². The molecule has 0 N–H and O–H groups in total. The molecule has 1 aliphatic carbocycles. The van der Waals surface area contributed by atoms with Crippen LogP contribution in [0.2, 0.25) is 0 Å². The van der Waals surface area contributed by atoms with Gasteiger partial charge < -0.3 is 9.47 Å². The molecular weight excluding hydrogens is 254 g/mol. The highest BCUT2D eigenvalue weighted by atomic mass is 19.2. The zero-order chi connectivity index (χ0) is 14.0. The molecule has 0 aromatic heterocycles. The molecule has 1 aromatic carbocycles. The average Bonchev–Trinajstić information content (AvgIpc) is 3.13. The summed E-state index contributed by atoms with van der Waals surface area (Å²) in [6, 6.07) is 4.02. The number of hydrogen-bond acceptors (Lipinski definition) is 3. The Labute approximate surface area is 110 Å². The van der Waals surface area contributed by atoms with Crippen molar-refractivity contribution in [3.63, 3.8) is 0 Å². The Kier molecular flexibility index (Phi) is 4.14. The fourth-order valence-corrected chi connectivity index (χ4v) is 2.16. The highest BCUT2D eigenvalue weighted by Gasteiger charge is 2.47. The topological polar surface area (TPSA) is 35.5 Å². The standard InChI is InChI=1S/C14H16F2O3/c1-8(7-18-2)19-14(17)11-6-10(11)9-4-3-5-12(15)13(9)16/h3-5,8,10-11H,6-7H2,1-2H3/t8-,10-,11-/m0/s1. The van der Waals surface area contributed by atoms with Crippen molar-refractivity contribution in [1.82, 2.24) is 0 Å². The molecule has 0 aliphatic heterocycles. The smallest absolute Gasteiger partial charge is 0.309 e. The molecule has 1 saturated carbocycles. The zero-order valence-corrected chi connectivity index (χ0v) is 10.9. The van der Waals surface area contributed by atoms with Crippen molar-refractivity contribution in [2.24, 2.45) is 5.92 Å². The number of ether oxygens (including phenoxy) is 2. The van der Waals surface area contributed by atoms with Gasteiger partial charge in [-0.1, -0.05) is 12.1 Å². The van der Waals surface area contributed by atoms with Gasteiger partial charge in [-0.15, -0.1) is 0 Å². The first-order valence-corrected chi connectivity index (χ1v) is 6.18. The molecule has 0 bridgehead atoms. The van der Waals surface area contributed by atoms with E-state index < -0.39 is 11.6 Å². The van der Waals surface area contributed by atoms with Crippen LogP contribution in [0.5, 0.6) is 0 Å². The molecule has 1 aromatic rings. The summed E-state index contributed by atoms with van der Waals surface area (Å²) in [6.45, 7) is 2.04. The third-order valence-corrected chi connectivity index (χ3v) is 3.19. The first-order valence-electron chi connectivity index (χ1n) is 6.18. The van der Waals surface area contributed by atoms with E-state index in [0.29, 0.717) is 13.0 Å². The van der Waals surface area contributed by atoms with Crippen molar-refractivity contribution < 1.29 is 23.0 Å². The van der Waals surface area contributed by atoms with Gasteiger partial charge in [-0.3, -0.25) is 4.79 Å². The van der Waals surface area contributed by atoms with Crippen molar-refractivity contribution in [2.45, 2.75) is 25.4 Å². The zero-order valence-electron chi connectivity index (χ0n) is 10.9. The summed E-state index contributed by atoms with van der Waals surface area (Å²) in [5.41, 5.74) is 0.251. The third kappa shape index (κ3) is 3.10. The molecular formula is C14H16F2O3. The number of carbonyl (C=O) groups is 1. The van der Waals surface area contributed by atoms with Gasteiger partial charge in [-0.05, 0) is 25.0 Å². The maximum Gasteiger partial charge on any atom is 0.309 e. The Hall–Kier alpha value is -1.49.